The van der Waals surface area contributed by atoms with Gasteiger partial charge in [0.2, 0.25) is 0 Å². The summed E-state index contributed by atoms with van der Waals surface area (Å²) in [5.41, 5.74) is 6.07. The summed E-state index contributed by atoms with van der Waals surface area (Å²) in [5, 5.41) is 8.85. The molecule has 0 heterocycles. The van der Waals surface area contributed by atoms with Crippen LogP contribution in [-0.4, -0.2) is 26.2 Å². The Labute approximate surface area is 103 Å². The lowest BCUT2D eigenvalue weighted by atomic mass is 10.0. The number of nitrogens with zero attached hydrogens (tertiary/aromatic N) is 2. The fourth-order valence-electron chi connectivity index (χ4n) is 1.43. The van der Waals surface area contributed by atoms with E-state index in [1.54, 1.807) is 14.0 Å². The minimum absolute atomic E-state index is 0.622. The van der Waals surface area contributed by atoms with E-state index >= 15 is 0 Å². The van der Waals surface area contributed by atoms with Crippen LogP contribution < -0.4 is 15.4 Å². The first kappa shape index (κ1) is 13.3. The van der Waals surface area contributed by atoms with E-state index in [9.17, 15) is 0 Å². The molecule has 4 heteroatoms. The first-order valence-corrected chi connectivity index (χ1v) is 5.54. The number of hydrogen-bond donors (Lipinski definition) is 1. The zero-order valence-electron chi connectivity index (χ0n) is 10.6. The Balaban J connectivity index is 2.64. The average molecular weight is 233 g/mol. The Morgan fingerprint density at radius 3 is 2.82 bits per heavy atom. The second-order valence-corrected chi connectivity index (χ2v) is 4.40. The van der Waals surface area contributed by atoms with Gasteiger partial charge in [-0.2, -0.15) is 5.26 Å². The number of nitriles is 1. The highest BCUT2D eigenvalue weighted by molar-refractivity contribution is 5.50. The number of methoxy groups -OCH3 is 1. The molecule has 0 spiro atoms. The van der Waals surface area contributed by atoms with Crippen molar-refractivity contribution < 1.29 is 4.74 Å². The normalized spacial score (nSPS) is 13.6. The van der Waals surface area contributed by atoms with Crippen molar-refractivity contribution in [2.75, 3.05) is 25.6 Å². The number of anilines is 1. The maximum Gasteiger partial charge on any atom is 0.120 e. The van der Waals surface area contributed by atoms with Crippen molar-refractivity contribution >= 4 is 5.69 Å². The van der Waals surface area contributed by atoms with E-state index in [2.05, 4.69) is 11.0 Å². The van der Waals surface area contributed by atoms with Crippen molar-refractivity contribution in [2.24, 2.45) is 5.73 Å². The van der Waals surface area contributed by atoms with Gasteiger partial charge in [-0.1, -0.05) is 6.07 Å². The van der Waals surface area contributed by atoms with Crippen molar-refractivity contribution in [3.8, 4) is 11.8 Å². The molecule has 1 aromatic rings. The molecule has 0 saturated carbocycles. The van der Waals surface area contributed by atoms with Crippen molar-refractivity contribution in [1.29, 1.82) is 5.26 Å². The van der Waals surface area contributed by atoms with E-state index in [0.717, 1.165) is 18.0 Å². The molecule has 0 aliphatic carbocycles. The van der Waals surface area contributed by atoms with E-state index in [-0.39, 0.29) is 0 Å². The standard InChI is InChI=1S/C13H19N3O/c1-13(15,10-14)7-8-16(2)11-5-4-6-12(9-11)17-3/h4-6,9H,7-8,15H2,1-3H3. The summed E-state index contributed by atoms with van der Waals surface area (Å²) in [6.45, 7) is 2.47. The summed E-state index contributed by atoms with van der Waals surface area (Å²) < 4.78 is 5.17. The summed E-state index contributed by atoms with van der Waals surface area (Å²) in [5.74, 6) is 0.824. The minimum atomic E-state index is -0.771. The molecule has 1 aromatic carbocycles. The lowest BCUT2D eigenvalue weighted by Gasteiger charge is -2.23. The van der Waals surface area contributed by atoms with Gasteiger partial charge in [-0.15, -0.1) is 0 Å². The molecular weight excluding hydrogens is 214 g/mol. The van der Waals surface area contributed by atoms with Crippen molar-refractivity contribution in [3.05, 3.63) is 24.3 Å². The summed E-state index contributed by atoms with van der Waals surface area (Å²) in [6.07, 6.45) is 0.622. The molecule has 0 aliphatic heterocycles. The monoisotopic (exact) mass is 233 g/mol. The number of ether oxygens (including phenoxy) is 1. The molecule has 0 saturated heterocycles. The largest absolute Gasteiger partial charge is 0.497 e. The van der Waals surface area contributed by atoms with Gasteiger partial charge in [-0.05, 0) is 25.5 Å². The SMILES string of the molecule is COc1cccc(N(C)CCC(C)(N)C#N)c1. The van der Waals surface area contributed by atoms with Crippen molar-refractivity contribution in [1.82, 2.24) is 0 Å². The number of rotatable bonds is 5. The topological polar surface area (TPSA) is 62.3 Å². The molecule has 0 bridgehead atoms. The quantitative estimate of drug-likeness (QED) is 0.841. The molecule has 1 rings (SSSR count). The van der Waals surface area contributed by atoms with Crippen LogP contribution in [-0.2, 0) is 0 Å². The van der Waals surface area contributed by atoms with Crippen LogP contribution in [0, 0.1) is 11.3 Å². The van der Waals surface area contributed by atoms with E-state index < -0.39 is 5.54 Å². The van der Waals surface area contributed by atoms with Crippen LogP contribution in [0.2, 0.25) is 0 Å². The molecule has 0 fully saturated rings. The molecule has 2 N–H and O–H groups in total. The number of hydrogen-bond acceptors (Lipinski definition) is 4. The van der Waals surface area contributed by atoms with E-state index in [0.29, 0.717) is 6.42 Å². The smallest absolute Gasteiger partial charge is 0.120 e. The Kier molecular flexibility index (Phi) is 4.36. The van der Waals surface area contributed by atoms with Crippen LogP contribution in [0.1, 0.15) is 13.3 Å². The van der Waals surface area contributed by atoms with Crippen LogP contribution >= 0.6 is 0 Å². The first-order chi connectivity index (χ1) is 7.98. The Morgan fingerprint density at radius 1 is 1.53 bits per heavy atom. The van der Waals surface area contributed by atoms with Crippen molar-refractivity contribution in [3.63, 3.8) is 0 Å². The second-order valence-electron chi connectivity index (χ2n) is 4.40. The fraction of sp³-hybridized carbons (Fsp3) is 0.462. The first-order valence-electron chi connectivity index (χ1n) is 5.54. The zero-order chi connectivity index (χ0) is 12.9. The Hall–Kier alpha value is -1.73. The van der Waals surface area contributed by atoms with Crippen LogP contribution in [0.25, 0.3) is 0 Å². The molecule has 0 aliphatic rings. The number of nitrogens with two attached hydrogens (primary N) is 1. The third kappa shape index (κ3) is 3.97. The fourth-order valence-corrected chi connectivity index (χ4v) is 1.43. The summed E-state index contributed by atoms with van der Waals surface area (Å²) in [4.78, 5) is 2.06. The molecule has 0 amide bonds. The van der Waals surface area contributed by atoms with Crippen LogP contribution in [0.15, 0.2) is 24.3 Å². The highest BCUT2D eigenvalue weighted by Gasteiger charge is 2.17. The maximum absolute atomic E-state index is 8.85. The van der Waals surface area contributed by atoms with Gasteiger partial charge in [0.05, 0.1) is 13.2 Å². The van der Waals surface area contributed by atoms with Crippen LogP contribution in [0.4, 0.5) is 5.69 Å². The van der Waals surface area contributed by atoms with Gasteiger partial charge >= 0.3 is 0 Å². The molecule has 1 atom stereocenters. The van der Waals surface area contributed by atoms with Gasteiger partial charge in [0.25, 0.3) is 0 Å². The molecule has 92 valence electrons. The van der Waals surface area contributed by atoms with E-state index in [4.69, 9.17) is 15.7 Å². The van der Waals surface area contributed by atoms with Crippen LogP contribution in [0.5, 0.6) is 5.75 Å². The third-order valence-corrected chi connectivity index (χ3v) is 2.72. The van der Waals surface area contributed by atoms with Gasteiger partial charge in [0, 0.05) is 25.3 Å². The van der Waals surface area contributed by atoms with E-state index in [1.807, 2.05) is 31.3 Å². The minimum Gasteiger partial charge on any atom is -0.497 e. The van der Waals surface area contributed by atoms with Crippen LogP contribution in [0.3, 0.4) is 0 Å². The Morgan fingerprint density at radius 2 is 2.24 bits per heavy atom. The van der Waals surface area contributed by atoms with Gasteiger partial charge in [-0.3, -0.25) is 0 Å². The highest BCUT2D eigenvalue weighted by Crippen LogP contribution is 2.20. The summed E-state index contributed by atoms with van der Waals surface area (Å²) in [7, 11) is 3.62. The molecule has 0 radical (unpaired) electrons. The van der Waals surface area contributed by atoms with Gasteiger partial charge in [0.1, 0.15) is 11.3 Å². The average Bonchev–Trinajstić information content (AvgIpc) is 2.36. The lowest BCUT2D eigenvalue weighted by molar-refractivity contribution is 0.415. The second kappa shape index (κ2) is 5.55. The molecular formula is C13H19N3O. The lowest BCUT2D eigenvalue weighted by Crippen LogP contribution is -2.38. The number of benzene rings is 1. The predicted octanol–water partition coefficient (Wildman–Crippen LogP) is 1.76. The van der Waals surface area contributed by atoms with Gasteiger partial charge in [-0.25, -0.2) is 0 Å². The summed E-state index contributed by atoms with van der Waals surface area (Å²) in [6, 6.07) is 9.90. The van der Waals surface area contributed by atoms with Gasteiger partial charge < -0.3 is 15.4 Å². The van der Waals surface area contributed by atoms with Gasteiger partial charge in [0.15, 0.2) is 0 Å². The zero-order valence-corrected chi connectivity index (χ0v) is 10.6. The summed E-state index contributed by atoms with van der Waals surface area (Å²) >= 11 is 0. The predicted molar refractivity (Wildman–Crippen MR) is 69.1 cm³/mol. The molecule has 1 unspecified atom stereocenters. The highest BCUT2D eigenvalue weighted by atomic mass is 16.5. The Bertz CT molecular complexity index is 409. The maximum atomic E-state index is 8.85. The third-order valence-electron chi connectivity index (χ3n) is 2.72. The molecule has 0 aromatic heterocycles. The molecule has 4 nitrogen and oxygen atoms in total. The van der Waals surface area contributed by atoms with E-state index in [1.165, 1.54) is 0 Å². The van der Waals surface area contributed by atoms with Crippen molar-refractivity contribution in [2.45, 2.75) is 18.9 Å². The molecule has 17 heavy (non-hydrogen) atoms.